The summed E-state index contributed by atoms with van der Waals surface area (Å²) >= 11 is 11.2. The predicted molar refractivity (Wildman–Crippen MR) is 457 cm³/mol. The molecule has 0 atom stereocenters. The van der Waals surface area contributed by atoms with Crippen LogP contribution in [0.3, 0.4) is 0 Å². The quantitative estimate of drug-likeness (QED) is 0.00543. The first-order valence-electron chi connectivity index (χ1n) is 36.0. The van der Waals surface area contributed by atoms with Gasteiger partial charge < -0.3 is 99.7 Å². The summed E-state index contributed by atoms with van der Waals surface area (Å²) < 4.78 is 83.2. The largest absolute Gasteiger partial charge is 1.00 e. The van der Waals surface area contributed by atoms with Crippen LogP contribution in [-0.2, 0) is 80.8 Å². The van der Waals surface area contributed by atoms with Crippen molar-refractivity contribution in [2.24, 2.45) is 0 Å². The zero-order chi connectivity index (χ0) is 88.6. The molecule has 27 nitrogen and oxygen atoms in total. The minimum absolute atomic E-state index is 0. The third-order valence-electron chi connectivity index (χ3n) is 14.7. The molecule has 654 valence electrons. The van der Waals surface area contributed by atoms with Crippen LogP contribution in [0.5, 0.6) is 69.0 Å². The van der Waals surface area contributed by atoms with Gasteiger partial charge in [-0.1, -0.05) is 30.9 Å². The number of esters is 4. The van der Waals surface area contributed by atoms with Crippen molar-refractivity contribution < 1.29 is 254 Å². The van der Waals surface area contributed by atoms with Crippen molar-refractivity contribution in [3.8, 4) is 69.0 Å². The van der Waals surface area contributed by atoms with Crippen LogP contribution in [0.15, 0.2) is 121 Å². The number of carboxylic acid groups (broad SMARTS) is 1. The van der Waals surface area contributed by atoms with Gasteiger partial charge in [-0.05, 0) is 201 Å². The number of ether oxygens (including phenoxy) is 14. The van der Waals surface area contributed by atoms with Crippen LogP contribution in [0.2, 0.25) is 0 Å². The van der Waals surface area contributed by atoms with Crippen molar-refractivity contribution in [1.29, 1.82) is 0 Å². The van der Waals surface area contributed by atoms with Crippen LogP contribution in [0.25, 0.3) is 0 Å². The molecule has 120 heavy (non-hydrogen) atoms. The molecule has 9 rings (SSSR count). The van der Waals surface area contributed by atoms with Crippen LogP contribution >= 0.6 is 44.6 Å². The third kappa shape index (κ3) is 47.1. The number of alkyl halides is 2. The number of carbonyl (C=O) groups is 6. The Balaban J connectivity index is -0.000000249. The van der Waals surface area contributed by atoms with E-state index in [1.54, 1.807) is 36.4 Å². The van der Waals surface area contributed by atoms with Crippen LogP contribution in [-0.4, -0.2) is 176 Å². The SMILES string of the molecule is C=C(C)CCl.C=C(C)COc1ccc(OCC)cc1C(=O)OC.C=C(C)Cc1cc(OCC)cc(C(=O)OC)c1O.CCOc1cc(CCl)c2c(c1)CC(C)(C)O2.CCOc1cc(CO)c2c(c1)CC(C)(C)O2.CCOc1cc2c(c(C(=O)OC)c1)OC(C)(C)C2.CCOc1ccc(O)c(C(=O)OC)c1.O=CO.O=CO[O-].O=S(Cl)Cl.[AlH3].[H-].[H-].[K+].[K+].[Li+]. The van der Waals surface area contributed by atoms with Gasteiger partial charge in [0.15, 0.2) is 17.4 Å². The number of allylic oxidation sites excluding steroid dienone is 2. The molecule has 3 aliphatic heterocycles. The molecule has 4 N–H and O–H groups in total. The van der Waals surface area contributed by atoms with E-state index < -0.39 is 33.1 Å². The monoisotopic (exact) mass is 1840 g/mol. The van der Waals surface area contributed by atoms with Gasteiger partial charge in [-0.15, -0.1) is 23.2 Å². The van der Waals surface area contributed by atoms with E-state index in [0.29, 0.717) is 116 Å². The molecular weight excluding hydrogens is 1730 g/mol. The molecule has 3 heterocycles. The molecule has 3 aliphatic rings. The normalized spacial score (nSPS) is 11.8. The van der Waals surface area contributed by atoms with Crippen LogP contribution in [0, 0.1) is 0 Å². The standard InChI is InChI=1S/3C14H18O4.C13H17ClO2.C13H18O3.C10H12O4.C4H7Cl.CH2O3.CH2O2.Al.Cl2OS.2K.Li.5H/c1-5-17-10-6-9-8-14(2,3)18-12(9)11(7-10)13(15)16-4;1-5-18-11-7-10(6-9(2)3)13(15)12(8-11)14(16)17-4;1-5-17-11-6-7-13(18-9-10(2)3)12(8-11)14(15)16-4;2*1-4-15-11-5-9-7-13(2,3)16-12(9)10(6-11)8-14;1-3-14-7-4-5-9(11)8(6-7)10(12)13-2;1-4(2)3-5;2-1-4-3;2-1-3;;1-4(2)3;;;;;;;;/h6-7H,5,8H2,1-4H3;7-8,15H,2,5-6H2,1,3-4H3;6-8H,2,5,9H2,1,3-4H3;5-6H,4,7-8H2,1-3H3;5-6,14H,4,7-8H2,1-3H3;4-6,11H,3H2,1-2H3;1,3H2,2H3;1,3H;1H,(H,2,3);;;;;;;;;;/q;;;;;;;;;;;3*+1;;;;2*-1/p-1. The number of methoxy groups -OCH3 is 4. The Hall–Kier alpha value is -5.41. The molecule has 36 heteroatoms. The Labute approximate surface area is 837 Å². The second kappa shape index (κ2) is 66.1. The van der Waals surface area contributed by atoms with Crippen molar-refractivity contribution in [2.45, 2.75) is 159 Å². The van der Waals surface area contributed by atoms with Gasteiger partial charge >= 0.3 is 146 Å². The van der Waals surface area contributed by atoms with Gasteiger partial charge in [0.1, 0.15) is 115 Å². The summed E-state index contributed by atoms with van der Waals surface area (Å²) in [6.07, 6.45) is 3.01. The average Bonchev–Trinajstić information content (AvgIpc) is 1.62. The predicted octanol–water partition coefficient (Wildman–Crippen LogP) is 6.55. The maximum atomic E-state index is 11.8. The Morgan fingerprint density at radius 1 is 0.508 bits per heavy atom. The number of aliphatic hydroxyl groups is 1. The fourth-order valence-corrected chi connectivity index (χ4v) is 10.7. The van der Waals surface area contributed by atoms with Gasteiger partial charge in [-0.25, -0.2) is 23.4 Å². The summed E-state index contributed by atoms with van der Waals surface area (Å²) in [5, 5.41) is 44.0. The van der Waals surface area contributed by atoms with E-state index in [4.69, 9.17) is 104 Å². The molecule has 0 aliphatic carbocycles. The van der Waals surface area contributed by atoms with E-state index in [0.717, 1.165) is 81.2 Å². The van der Waals surface area contributed by atoms with Crippen molar-refractivity contribution in [1.82, 2.24) is 0 Å². The summed E-state index contributed by atoms with van der Waals surface area (Å²) in [5.41, 5.74) is 8.93. The van der Waals surface area contributed by atoms with Crippen LogP contribution < -0.4 is 174 Å². The smallest absolute Gasteiger partial charge is 1.00 e. The molecule has 0 aromatic heterocycles. The number of benzene rings is 6. The maximum Gasteiger partial charge on any atom is 1.00 e. The topological polar surface area (TPSA) is 362 Å². The number of rotatable bonds is 25. The van der Waals surface area contributed by atoms with Crippen molar-refractivity contribution >= 4 is 108 Å². The molecule has 0 saturated carbocycles. The van der Waals surface area contributed by atoms with Gasteiger partial charge in [0.2, 0.25) is 9.23 Å². The fraction of sp³-hybridized carbons (Fsp3) is 0.429. The number of hydrogen-bond donors (Lipinski definition) is 4. The first-order chi connectivity index (χ1) is 54.7. The number of phenols is 2. The van der Waals surface area contributed by atoms with Gasteiger partial charge in [0.05, 0.1) is 80.6 Å². The van der Waals surface area contributed by atoms with Gasteiger partial charge in [-0.2, -0.15) is 0 Å². The Kier molecular flexibility index (Phi) is 67.8. The number of carbonyl (C=O) groups excluding carboxylic acids is 5. The fourth-order valence-electron chi connectivity index (χ4n) is 10.5. The first-order valence-corrected chi connectivity index (χ1v) is 39.9. The number of hydrogen-bond acceptors (Lipinski definition) is 26. The number of aromatic hydroxyl groups is 2. The molecule has 0 amide bonds. The van der Waals surface area contributed by atoms with E-state index in [2.05, 4.69) is 89.2 Å². The summed E-state index contributed by atoms with van der Waals surface area (Å²) in [5.74, 6) is 5.76. The second-order valence-corrected chi connectivity index (χ2v) is 29.4. The van der Waals surface area contributed by atoms with Crippen molar-refractivity contribution in [3.63, 3.8) is 0 Å². The molecule has 0 saturated heterocycles. The summed E-state index contributed by atoms with van der Waals surface area (Å²) in [6, 6.07) is 24.2. The minimum Gasteiger partial charge on any atom is -1.00 e. The zero-order valence-corrected chi connectivity index (χ0v) is 82.4. The number of fused-ring (bicyclic) bond motifs is 3. The van der Waals surface area contributed by atoms with Crippen molar-refractivity contribution in [3.05, 3.63) is 177 Å². The number of halogens is 4. The Morgan fingerprint density at radius 3 is 1.18 bits per heavy atom. The van der Waals surface area contributed by atoms with E-state index >= 15 is 0 Å². The molecule has 0 bridgehead atoms. The summed E-state index contributed by atoms with van der Waals surface area (Å²) in [4.78, 5) is 65.8. The van der Waals surface area contributed by atoms with Gasteiger partial charge in [-0.3, -0.25) is 9.59 Å². The zero-order valence-electron chi connectivity index (χ0n) is 74.4. The van der Waals surface area contributed by atoms with Gasteiger partial charge in [0.25, 0.3) is 12.9 Å². The van der Waals surface area contributed by atoms with Crippen LogP contribution in [0.4, 0.5) is 0 Å². The Morgan fingerprint density at radius 2 is 0.817 bits per heavy atom. The average molecular weight is 1840 g/mol. The van der Waals surface area contributed by atoms with Crippen molar-refractivity contribution in [2.75, 3.05) is 80.6 Å². The number of aliphatic hydroxyl groups excluding tert-OH is 1. The molecule has 0 radical (unpaired) electrons. The molecule has 0 unspecified atom stereocenters. The van der Waals surface area contributed by atoms with E-state index in [1.807, 2.05) is 100 Å². The third-order valence-corrected chi connectivity index (χ3v) is 15.4. The minimum atomic E-state index is -1.67. The molecule has 6 aromatic carbocycles. The summed E-state index contributed by atoms with van der Waals surface area (Å²) in [6.45, 7) is 43.7. The van der Waals surface area contributed by atoms with Gasteiger partial charge in [0, 0.05) is 79.9 Å². The number of phenolic OH excluding ortho intramolecular Hbond substituents is 2. The molecule has 6 aromatic rings. The first kappa shape index (κ1) is 123. The molecule has 0 fully saturated rings. The Bertz CT molecular complexity index is 4120. The van der Waals surface area contributed by atoms with E-state index in [9.17, 15) is 34.5 Å². The van der Waals surface area contributed by atoms with E-state index in [1.165, 1.54) is 52.2 Å². The maximum absolute atomic E-state index is 11.8. The van der Waals surface area contributed by atoms with Crippen LogP contribution in [0.1, 0.15) is 182 Å². The molecule has 0 spiro atoms. The molecular formula is C84H116AlCl4K2LiO27S. The second-order valence-electron chi connectivity index (χ2n) is 26.3. The van der Waals surface area contributed by atoms with E-state index in [-0.39, 0.29) is 201 Å². The summed E-state index contributed by atoms with van der Waals surface area (Å²) in [7, 11) is 12.6.